The molecule has 0 saturated heterocycles. The molecule has 1 rings (SSSR count). The van der Waals surface area contributed by atoms with Crippen molar-refractivity contribution in [2.75, 3.05) is 26.7 Å². The van der Waals surface area contributed by atoms with Crippen LogP contribution in [-0.2, 0) is 11.2 Å². The summed E-state index contributed by atoms with van der Waals surface area (Å²) < 4.78 is 0. The fourth-order valence-electron chi connectivity index (χ4n) is 1.67. The van der Waals surface area contributed by atoms with Crippen LogP contribution in [0.5, 0.6) is 0 Å². The minimum Gasteiger partial charge on any atom is -0.342 e. The first-order chi connectivity index (χ1) is 9.03. The normalized spacial score (nSPS) is 10.3. The molecule has 0 radical (unpaired) electrons. The molecule has 1 heterocycles. The molecule has 0 unspecified atom stereocenters. The van der Waals surface area contributed by atoms with Crippen LogP contribution in [0.1, 0.15) is 37.2 Å². The van der Waals surface area contributed by atoms with E-state index >= 15 is 0 Å². The Morgan fingerprint density at radius 3 is 2.32 bits per heavy atom. The number of rotatable bonds is 6. The highest BCUT2D eigenvalue weighted by Crippen LogP contribution is 2.00. The Morgan fingerprint density at radius 2 is 1.84 bits per heavy atom. The van der Waals surface area contributed by atoms with Crippen LogP contribution in [0, 0.1) is 0 Å². The highest BCUT2D eigenvalue weighted by Gasteiger charge is 2.20. The summed E-state index contributed by atoms with van der Waals surface area (Å²) in [5.41, 5.74) is 0. The lowest BCUT2D eigenvalue weighted by Gasteiger charge is -2.22. The number of H-pyrrole nitrogens is 1. The Balaban J connectivity index is 2.64. The molecular weight excluding hydrogens is 246 g/mol. The molecule has 0 spiro atoms. The minimum atomic E-state index is -0.351. The molecule has 7 heteroatoms. The van der Waals surface area contributed by atoms with Crippen molar-refractivity contribution in [1.29, 1.82) is 0 Å². The summed E-state index contributed by atoms with van der Waals surface area (Å²) in [5, 5.41) is 6.53. The van der Waals surface area contributed by atoms with Crippen LogP contribution in [-0.4, -0.2) is 63.5 Å². The van der Waals surface area contributed by atoms with Gasteiger partial charge in [-0.2, -0.15) is 0 Å². The Labute approximate surface area is 113 Å². The average molecular weight is 267 g/mol. The Morgan fingerprint density at radius 1 is 1.21 bits per heavy atom. The van der Waals surface area contributed by atoms with Gasteiger partial charge < -0.3 is 9.80 Å². The molecule has 0 aliphatic heterocycles. The molecule has 2 amide bonds. The molecule has 0 saturated carbocycles. The van der Waals surface area contributed by atoms with Gasteiger partial charge in [-0.15, -0.1) is 5.10 Å². The number of aromatic nitrogens is 3. The summed E-state index contributed by atoms with van der Waals surface area (Å²) >= 11 is 0. The van der Waals surface area contributed by atoms with Gasteiger partial charge in [0.05, 0.1) is 6.54 Å². The third-order valence-corrected chi connectivity index (χ3v) is 2.89. The van der Waals surface area contributed by atoms with Crippen LogP contribution in [0.25, 0.3) is 0 Å². The highest BCUT2D eigenvalue weighted by atomic mass is 16.2. The van der Waals surface area contributed by atoms with Crippen molar-refractivity contribution in [3.8, 4) is 0 Å². The lowest BCUT2D eigenvalue weighted by atomic mass is 10.4. The third-order valence-electron chi connectivity index (χ3n) is 2.89. The van der Waals surface area contributed by atoms with Crippen molar-refractivity contribution in [2.45, 2.75) is 27.2 Å². The number of nitrogens with zero attached hydrogens (tertiary/aromatic N) is 4. The number of aryl methyl sites for hydroxylation is 1. The van der Waals surface area contributed by atoms with Crippen molar-refractivity contribution >= 4 is 11.8 Å². The first kappa shape index (κ1) is 15.1. The van der Waals surface area contributed by atoms with Crippen molar-refractivity contribution in [3.05, 3.63) is 11.6 Å². The summed E-state index contributed by atoms with van der Waals surface area (Å²) in [6.07, 6.45) is 0.683. The van der Waals surface area contributed by atoms with E-state index in [-0.39, 0.29) is 24.2 Å². The summed E-state index contributed by atoms with van der Waals surface area (Å²) in [6, 6.07) is 0. The SMILES string of the molecule is CCc1nc(C(=O)N(C)CC(=O)N(CC)CC)n[nH]1. The van der Waals surface area contributed by atoms with E-state index in [2.05, 4.69) is 15.2 Å². The molecule has 19 heavy (non-hydrogen) atoms. The van der Waals surface area contributed by atoms with Gasteiger partial charge in [0.2, 0.25) is 11.7 Å². The summed E-state index contributed by atoms with van der Waals surface area (Å²) in [5.74, 6) is 0.335. The maximum atomic E-state index is 12.0. The fraction of sp³-hybridized carbons (Fsp3) is 0.667. The van der Waals surface area contributed by atoms with E-state index in [0.29, 0.717) is 25.3 Å². The number of hydrogen-bond donors (Lipinski definition) is 1. The van der Waals surface area contributed by atoms with Crippen LogP contribution in [0.4, 0.5) is 0 Å². The summed E-state index contributed by atoms with van der Waals surface area (Å²) in [6.45, 7) is 7.05. The quantitative estimate of drug-likeness (QED) is 0.804. The zero-order valence-electron chi connectivity index (χ0n) is 11.9. The maximum Gasteiger partial charge on any atom is 0.293 e. The average Bonchev–Trinajstić information content (AvgIpc) is 2.87. The van der Waals surface area contributed by atoms with Gasteiger partial charge in [-0.3, -0.25) is 14.7 Å². The molecule has 0 aliphatic rings. The standard InChI is InChI=1S/C12H21N5O2/c1-5-9-13-11(15-14-9)12(19)16(4)8-10(18)17(6-2)7-3/h5-8H2,1-4H3,(H,13,14,15). The zero-order chi connectivity index (χ0) is 14.4. The molecule has 1 aromatic heterocycles. The molecule has 7 nitrogen and oxygen atoms in total. The topological polar surface area (TPSA) is 82.2 Å². The van der Waals surface area contributed by atoms with Gasteiger partial charge in [0.15, 0.2) is 0 Å². The van der Waals surface area contributed by atoms with Gasteiger partial charge in [0.1, 0.15) is 5.82 Å². The molecular formula is C12H21N5O2. The van der Waals surface area contributed by atoms with E-state index in [9.17, 15) is 9.59 Å². The largest absolute Gasteiger partial charge is 0.342 e. The smallest absolute Gasteiger partial charge is 0.293 e. The molecule has 1 aromatic rings. The van der Waals surface area contributed by atoms with Crippen LogP contribution in [0.15, 0.2) is 0 Å². The second-order valence-corrected chi connectivity index (χ2v) is 4.19. The van der Waals surface area contributed by atoms with Crippen molar-refractivity contribution in [2.24, 2.45) is 0 Å². The molecule has 1 N–H and O–H groups in total. The number of hydrogen-bond acceptors (Lipinski definition) is 4. The van der Waals surface area contributed by atoms with E-state index < -0.39 is 0 Å². The maximum absolute atomic E-state index is 12.0. The Kier molecular flexibility index (Phi) is 5.47. The predicted molar refractivity (Wildman–Crippen MR) is 70.6 cm³/mol. The summed E-state index contributed by atoms with van der Waals surface area (Å²) in [7, 11) is 1.58. The van der Waals surface area contributed by atoms with Crippen molar-refractivity contribution < 1.29 is 9.59 Å². The van der Waals surface area contributed by atoms with Gasteiger partial charge in [0, 0.05) is 26.6 Å². The van der Waals surface area contributed by atoms with Crippen molar-refractivity contribution in [1.82, 2.24) is 25.0 Å². The number of aromatic amines is 1. The predicted octanol–water partition coefficient (Wildman–Crippen LogP) is 0.307. The van der Waals surface area contributed by atoms with Crippen LogP contribution in [0.2, 0.25) is 0 Å². The van der Waals surface area contributed by atoms with Crippen LogP contribution < -0.4 is 0 Å². The van der Waals surface area contributed by atoms with Gasteiger partial charge >= 0.3 is 0 Å². The monoisotopic (exact) mass is 267 g/mol. The number of carbonyl (C=O) groups excluding carboxylic acids is 2. The number of likely N-dealkylation sites (N-methyl/N-ethyl adjacent to an activating group) is 2. The van der Waals surface area contributed by atoms with Crippen LogP contribution >= 0.6 is 0 Å². The Hall–Kier alpha value is -1.92. The molecule has 0 aromatic carbocycles. The lowest BCUT2D eigenvalue weighted by Crippen LogP contribution is -2.41. The van der Waals surface area contributed by atoms with E-state index in [1.54, 1.807) is 11.9 Å². The zero-order valence-corrected chi connectivity index (χ0v) is 11.9. The van der Waals surface area contributed by atoms with E-state index in [1.165, 1.54) is 4.90 Å². The molecule has 0 atom stereocenters. The number of carbonyl (C=O) groups is 2. The molecule has 106 valence electrons. The molecule has 0 aliphatic carbocycles. The third kappa shape index (κ3) is 3.77. The van der Waals surface area contributed by atoms with Crippen LogP contribution in [0.3, 0.4) is 0 Å². The van der Waals surface area contributed by atoms with Gasteiger partial charge in [0.25, 0.3) is 5.91 Å². The van der Waals surface area contributed by atoms with Gasteiger partial charge in [-0.25, -0.2) is 4.98 Å². The van der Waals surface area contributed by atoms with Crippen molar-refractivity contribution in [3.63, 3.8) is 0 Å². The minimum absolute atomic E-state index is 0.0382. The fourth-order valence-corrected chi connectivity index (χ4v) is 1.67. The Bertz CT molecular complexity index is 439. The summed E-state index contributed by atoms with van der Waals surface area (Å²) in [4.78, 5) is 31.0. The number of nitrogens with one attached hydrogen (secondary N) is 1. The van der Waals surface area contributed by atoms with E-state index in [1.807, 2.05) is 20.8 Å². The first-order valence-corrected chi connectivity index (χ1v) is 6.47. The van der Waals surface area contributed by atoms with E-state index in [4.69, 9.17) is 0 Å². The molecule has 0 fully saturated rings. The first-order valence-electron chi connectivity index (χ1n) is 6.47. The van der Waals surface area contributed by atoms with E-state index in [0.717, 1.165) is 0 Å². The number of amides is 2. The second-order valence-electron chi connectivity index (χ2n) is 4.19. The van der Waals surface area contributed by atoms with Gasteiger partial charge in [-0.1, -0.05) is 6.92 Å². The second kappa shape index (κ2) is 6.86. The molecule has 0 bridgehead atoms. The highest BCUT2D eigenvalue weighted by molar-refractivity contribution is 5.93. The lowest BCUT2D eigenvalue weighted by molar-refractivity contribution is -0.131. The van der Waals surface area contributed by atoms with Gasteiger partial charge in [-0.05, 0) is 13.8 Å².